The number of amides is 1. The van der Waals surface area contributed by atoms with E-state index in [4.69, 9.17) is 4.74 Å². The topological polar surface area (TPSA) is 55.4 Å². The number of rotatable bonds is 5. The molecule has 15 heavy (non-hydrogen) atoms. The first-order valence-corrected chi connectivity index (χ1v) is 5.04. The van der Waals surface area contributed by atoms with Crippen LogP contribution in [-0.4, -0.2) is 30.9 Å². The van der Waals surface area contributed by atoms with Gasteiger partial charge in [0, 0.05) is 20.1 Å². The van der Waals surface area contributed by atoms with Crippen molar-refractivity contribution < 1.29 is 14.3 Å². The number of Topliss-reactive ketones (excluding diaryl/α,β-unsaturated/α-hetero) is 1. The number of ether oxygens (including phenoxy) is 1. The van der Waals surface area contributed by atoms with Gasteiger partial charge in [-0.25, -0.2) is 0 Å². The van der Waals surface area contributed by atoms with Crippen molar-refractivity contribution >= 4 is 11.7 Å². The average molecular weight is 211 g/mol. The summed E-state index contributed by atoms with van der Waals surface area (Å²) in [5.74, 6) is -0.194. The Kier molecular flexibility index (Phi) is 4.03. The minimum absolute atomic E-state index is 0.00305. The Balaban J connectivity index is 2.73. The lowest BCUT2D eigenvalue weighted by molar-refractivity contribution is -0.134. The molecule has 0 bridgehead atoms. The Bertz CT molecular complexity index is 257. The molecule has 1 rings (SSSR count). The molecule has 0 aromatic heterocycles. The fraction of sp³-hybridized carbons (Fsp3) is 0.636. The van der Waals surface area contributed by atoms with Gasteiger partial charge in [-0.2, -0.15) is 0 Å². The molecular weight excluding hydrogens is 194 g/mol. The smallest absolute Gasteiger partial charge is 0.227 e. The third kappa shape index (κ3) is 3.16. The van der Waals surface area contributed by atoms with E-state index in [2.05, 4.69) is 11.9 Å². The van der Waals surface area contributed by atoms with E-state index in [9.17, 15) is 9.59 Å². The summed E-state index contributed by atoms with van der Waals surface area (Å²) >= 11 is 0. The Morgan fingerprint density at radius 3 is 2.87 bits per heavy atom. The number of piperidine rings is 1. The van der Waals surface area contributed by atoms with E-state index in [1.165, 1.54) is 0 Å². The summed E-state index contributed by atoms with van der Waals surface area (Å²) in [6.45, 7) is 4.18. The van der Waals surface area contributed by atoms with Crippen LogP contribution in [0.15, 0.2) is 12.7 Å². The van der Waals surface area contributed by atoms with Gasteiger partial charge in [-0.05, 0) is 12.8 Å². The molecule has 1 atom stereocenters. The lowest BCUT2D eigenvalue weighted by Gasteiger charge is -2.36. The molecule has 0 aromatic carbocycles. The molecule has 0 aromatic rings. The molecule has 1 aliphatic heterocycles. The Labute approximate surface area is 89.7 Å². The summed E-state index contributed by atoms with van der Waals surface area (Å²) < 4.78 is 4.99. The first kappa shape index (κ1) is 11.9. The Morgan fingerprint density at radius 2 is 2.33 bits per heavy atom. The van der Waals surface area contributed by atoms with E-state index >= 15 is 0 Å². The highest BCUT2D eigenvalue weighted by atomic mass is 16.5. The van der Waals surface area contributed by atoms with Gasteiger partial charge in [0.05, 0.1) is 12.0 Å². The van der Waals surface area contributed by atoms with E-state index in [0.29, 0.717) is 25.9 Å². The molecule has 1 heterocycles. The molecule has 0 aliphatic carbocycles. The molecule has 4 nitrogen and oxygen atoms in total. The molecule has 84 valence electrons. The lowest BCUT2D eigenvalue weighted by atomic mass is 9.82. The molecule has 1 aliphatic rings. The number of carbonyl (C=O) groups excluding carboxylic acids is 2. The second kappa shape index (κ2) is 5.07. The molecule has 1 amide bonds. The summed E-state index contributed by atoms with van der Waals surface area (Å²) in [4.78, 5) is 22.7. The quantitative estimate of drug-likeness (QED) is 0.541. The van der Waals surface area contributed by atoms with Crippen molar-refractivity contribution in [3.63, 3.8) is 0 Å². The van der Waals surface area contributed by atoms with Gasteiger partial charge in [-0.3, -0.25) is 9.59 Å². The summed E-state index contributed by atoms with van der Waals surface area (Å²) in [6, 6.07) is 0. The summed E-state index contributed by atoms with van der Waals surface area (Å²) in [5.41, 5.74) is -0.468. The summed E-state index contributed by atoms with van der Waals surface area (Å²) in [5, 5.41) is 2.88. The van der Waals surface area contributed by atoms with Crippen molar-refractivity contribution in [2.24, 2.45) is 0 Å². The highest BCUT2D eigenvalue weighted by Crippen LogP contribution is 2.25. The fourth-order valence-electron chi connectivity index (χ4n) is 1.95. The van der Waals surface area contributed by atoms with Crippen LogP contribution in [0.5, 0.6) is 0 Å². The van der Waals surface area contributed by atoms with Gasteiger partial charge in [-0.1, -0.05) is 6.08 Å². The molecule has 0 saturated carbocycles. The van der Waals surface area contributed by atoms with Crippen LogP contribution in [-0.2, 0) is 14.3 Å². The Morgan fingerprint density at radius 1 is 1.60 bits per heavy atom. The molecule has 1 fully saturated rings. The number of nitrogens with one attached hydrogen (secondary N) is 1. The van der Waals surface area contributed by atoms with Gasteiger partial charge in [0.2, 0.25) is 5.91 Å². The van der Waals surface area contributed by atoms with Crippen molar-refractivity contribution in [2.45, 2.75) is 31.2 Å². The maximum Gasteiger partial charge on any atom is 0.227 e. The fourth-order valence-corrected chi connectivity index (χ4v) is 1.95. The minimum Gasteiger partial charge on any atom is -0.385 e. The highest BCUT2D eigenvalue weighted by Gasteiger charge is 2.37. The van der Waals surface area contributed by atoms with Crippen molar-refractivity contribution in [3.8, 4) is 0 Å². The highest BCUT2D eigenvalue weighted by molar-refractivity contribution is 6.01. The van der Waals surface area contributed by atoms with Crippen LogP contribution < -0.4 is 5.32 Å². The van der Waals surface area contributed by atoms with Crippen molar-refractivity contribution in [1.29, 1.82) is 0 Å². The molecule has 1 saturated heterocycles. The first-order valence-electron chi connectivity index (χ1n) is 5.04. The van der Waals surface area contributed by atoms with Gasteiger partial charge in [-0.15, -0.1) is 6.58 Å². The van der Waals surface area contributed by atoms with Gasteiger partial charge in [0.1, 0.15) is 5.78 Å². The standard InChI is InChI=1S/C11H17NO3/c1-3-4-11(5-6-15-2)8-9(13)7-10(14)12-11/h3H,1,4-8H2,2H3,(H,12,14). The third-order valence-electron chi connectivity index (χ3n) is 2.62. The minimum atomic E-state index is -0.468. The average Bonchev–Trinajstić information content (AvgIpc) is 2.13. The van der Waals surface area contributed by atoms with Crippen LogP contribution in [0, 0.1) is 0 Å². The van der Waals surface area contributed by atoms with Crippen molar-refractivity contribution in [2.75, 3.05) is 13.7 Å². The number of ketones is 1. The van der Waals surface area contributed by atoms with E-state index in [-0.39, 0.29) is 18.1 Å². The van der Waals surface area contributed by atoms with E-state index in [0.717, 1.165) is 0 Å². The number of carbonyl (C=O) groups is 2. The zero-order valence-electron chi connectivity index (χ0n) is 9.04. The molecular formula is C11H17NO3. The number of methoxy groups -OCH3 is 1. The largest absolute Gasteiger partial charge is 0.385 e. The van der Waals surface area contributed by atoms with Crippen LogP contribution >= 0.6 is 0 Å². The zero-order chi connectivity index (χ0) is 11.3. The van der Waals surface area contributed by atoms with Crippen LogP contribution in [0.25, 0.3) is 0 Å². The predicted molar refractivity (Wildman–Crippen MR) is 56.4 cm³/mol. The maximum absolute atomic E-state index is 11.4. The van der Waals surface area contributed by atoms with Crippen LogP contribution in [0.3, 0.4) is 0 Å². The summed E-state index contributed by atoms with van der Waals surface area (Å²) in [7, 11) is 1.61. The van der Waals surface area contributed by atoms with Crippen molar-refractivity contribution in [3.05, 3.63) is 12.7 Å². The van der Waals surface area contributed by atoms with Gasteiger partial charge in [0.25, 0.3) is 0 Å². The number of hydrogen-bond acceptors (Lipinski definition) is 3. The third-order valence-corrected chi connectivity index (χ3v) is 2.62. The van der Waals surface area contributed by atoms with E-state index < -0.39 is 5.54 Å². The van der Waals surface area contributed by atoms with E-state index in [1.807, 2.05) is 0 Å². The molecule has 4 heteroatoms. The SMILES string of the molecule is C=CCC1(CCOC)CC(=O)CC(=O)N1. The second-order valence-electron chi connectivity index (χ2n) is 3.96. The zero-order valence-corrected chi connectivity index (χ0v) is 9.04. The second-order valence-corrected chi connectivity index (χ2v) is 3.96. The van der Waals surface area contributed by atoms with Gasteiger partial charge >= 0.3 is 0 Å². The van der Waals surface area contributed by atoms with Crippen LogP contribution in [0.4, 0.5) is 0 Å². The number of hydrogen-bond donors (Lipinski definition) is 1. The van der Waals surface area contributed by atoms with E-state index in [1.54, 1.807) is 13.2 Å². The monoisotopic (exact) mass is 211 g/mol. The van der Waals surface area contributed by atoms with Crippen LogP contribution in [0.2, 0.25) is 0 Å². The van der Waals surface area contributed by atoms with Crippen LogP contribution in [0.1, 0.15) is 25.7 Å². The summed E-state index contributed by atoms with van der Waals surface area (Å²) in [6.07, 6.45) is 3.37. The predicted octanol–water partition coefficient (Wildman–Crippen LogP) is 0.817. The maximum atomic E-state index is 11.4. The molecule has 1 N–H and O–H groups in total. The molecule has 0 radical (unpaired) electrons. The van der Waals surface area contributed by atoms with Gasteiger partial charge in [0.15, 0.2) is 0 Å². The Hall–Kier alpha value is -1.16. The lowest BCUT2D eigenvalue weighted by Crippen LogP contribution is -2.54. The normalized spacial score (nSPS) is 26.2. The van der Waals surface area contributed by atoms with Crippen molar-refractivity contribution in [1.82, 2.24) is 5.32 Å². The first-order chi connectivity index (χ1) is 7.12. The van der Waals surface area contributed by atoms with Gasteiger partial charge < -0.3 is 10.1 Å². The molecule has 0 spiro atoms. The molecule has 1 unspecified atom stereocenters.